The van der Waals surface area contributed by atoms with Gasteiger partial charge in [0.1, 0.15) is 0 Å². The van der Waals surface area contributed by atoms with Crippen molar-refractivity contribution in [3.8, 4) is 0 Å². The summed E-state index contributed by atoms with van der Waals surface area (Å²) in [5.74, 6) is 0. The molecule has 0 radical (unpaired) electrons. The van der Waals surface area contributed by atoms with Crippen LogP contribution in [0.15, 0.2) is 32.5 Å². The molecule has 1 heterocycles. The van der Waals surface area contributed by atoms with Gasteiger partial charge in [-0.2, -0.15) is 4.31 Å². The third-order valence-electron chi connectivity index (χ3n) is 3.37. The molecule has 0 aliphatic carbocycles. The molecule has 6 nitrogen and oxygen atoms in total. The Morgan fingerprint density at radius 1 is 1.27 bits per heavy atom. The molecule has 0 spiro atoms. The zero-order valence-electron chi connectivity index (χ0n) is 11.9. The molecule has 2 rings (SSSR count). The normalized spacial score (nSPS) is 20.4. The summed E-state index contributed by atoms with van der Waals surface area (Å²) in [5, 5.41) is 0. The van der Waals surface area contributed by atoms with Gasteiger partial charge in [0, 0.05) is 29.9 Å². The van der Waals surface area contributed by atoms with Crippen molar-refractivity contribution in [3.63, 3.8) is 0 Å². The van der Waals surface area contributed by atoms with Crippen LogP contribution in [-0.4, -0.2) is 46.5 Å². The Bertz CT molecular complexity index is 752. The van der Waals surface area contributed by atoms with E-state index in [0.717, 1.165) is 19.1 Å². The van der Waals surface area contributed by atoms with Gasteiger partial charge in [-0.05, 0) is 47.0 Å². The topological polar surface area (TPSA) is 97.5 Å². The molecule has 0 amide bonds. The van der Waals surface area contributed by atoms with Gasteiger partial charge in [0.05, 0.1) is 9.79 Å². The molecule has 1 unspecified atom stereocenters. The highest BCUT2D eigenvalue weighted by molar-refractivity contribution is 9.10. The van der Waals surface area contributed by atoms with Crippen LogP contribution in [0, 0.1) is 0 Å². The van der Waals surface area contributed by atoms with Gasteiger partial charge in [0.2, 0.25) is 10.0 Å². The van der Waals surface area contributed by atoms with Gasteiger partial charge in [0.15, 0.2) is 9.84 Å². The molecule has 1 aliphatic rings. The highest BCUT2D eigenvalue weighted by Gasteiger charge is 2.30. The van der Waals surface area contributed by atoms with Crippen LogP contribution >= 0.6 is 28.3 Å². The molecule has 2 N–H and O–H groups in total. The van der Waals surface area contributed by atoms with Crippen LogP contribution in [0.4, 0.5) is 0 Å². The van der Waals surface area contributed by atoms with E-state index in [9.17, 15) is 16.8 Å². The first-order valence-electron chi connectivity index (χ1n) is 6.38. The Morgan fingerprint density at radius 3 is 2.41 bits per heavy atom. The van der Waals surface area contributed by atoms with E-state index in [1.54, 1.807) is 0 Å². The Kier molecular flexibility index (Phi) is 6.45. The van der Waals surface area contributed by atoms with E-state index in [4.69, 9.17) is 5.73 Å². The Morgan fingerprint density at radius 2 is 1.91 bits per heavy atom. The Labute approximate surface area is 145 Å². The molecule has 10 heteroatoms. The lowest BCUT2D eigenvalue weighted by Gasteiger charge is -2.30. The predicted molar refractivity (Wildman–Crippen MR) is 90.5 cm³/mol. The number of benzene rings is 1. The first kappa shape index (κ1) is 19.9. The van der Waals surface area contributed by atoms with Crippen molar-refractivity contribution in [2.24, 2.45) is 5.73 Å². The monoisotopic (exact) mass is 432 g/mol. The lowest BCUT2D eigenvalue weighted by atomic mass is 10.1. The second kappa shape index (κ2) is 7.14. The Hall–Kier alpha value is -0.190. The standard InChI is InChI=1S/C12H17BrN2O4S2.ClH/c1-20(16,17)10-4-5-12(11(13)7-10)21(18,19)15-6-2-3-9(14)8-15;/h4-5,7,9H,2-3,6,8,14H2,1H3;1H. The van der Waals surface area contributed by atoms with E-state index in [1.807, 2.05) is 0 Å². The first-order valence-corrected chi connectivity index (χ1v) is 10.5. The van der Waals surface area contributed by atoms with Crippen molar-refractivity contribution >= 4 is 48.2 Å². The number of piperidine rings is 1. The van der Waals surface area contributed by atoms with Crippen LogP contribution in [0.2, 0.25) is 0 Å². The van der Waals surface area contributed by atoms with Crippen LogP contribution in [0.5, 0.6) is 0 Å². The molecule has 0 aromatic heterocycles. The smallest absolute Gasteiger partial charge is 0.244 e. The third-order valence-corrected chi connectivity index (χ3v) is 7.32. The van der Waals surface area contributed by atoms with Crippen molar-refractivity contribution in [1.29, 1.82) is 0 Å². The minimum atomic E-state index is -3.68. The van der Waals surface area contributed by atoms with Gasteiger partial charge in [-0.3, -0.25) is 0 Å². The summed E-state index contributed by atoms with van der Waals surface area (Å²) >= 11 is 3.16. The highest BCUT2D eigenvalue weighted by atomic mass is 79.9. The molecule has 1 saturated heterocycles. The van der Waals surface area contributed by atoms with Crippen molar-refractivity contribution in [3.05, 3.63) is 22.7 Å². The number of hydrogen-bond donors (Lipinski definition) is 1. The average Bonchev–Trinajstić information content (AvgIpc) is 2.37. The molecule has 1 atom stereocenters. The zero-order chi connectivity index (χ0) is 15.8. The highest BCUT2D eigenvalue weighted by Crippen LogP contribution is 2.29. The molecule has 126 valence electrons. The summed E-state index contributed by atoms with van der Waals surface area (Å²) in [7, 11) is -7.06. The van der Waals surface area contributed by atoms with Gasteiger partial charge < -0.3 is 5.73 Å². The molecular weight excluding hydrogens is 416 g/mol. The van der Waals surface area contributed by atoms with Gasteiger partial charge in [-0.1, -0.05) is 0 Å². The maximum absolute atomic E-state index is 12.6. The lowest BCUT2D eigenvalue weighted by Crippen LogP contribution is -2.45. The van der Waals surface area contributed by atoms with E-state index >= 15 is 0 Å². The summed E-state index contributed by atoms with van der Waals surface area (Å²) < 4.78 is 49.8. The summed E-state index contributed by atoms with van der Waals surface area (Å²) in [4.78, 5) is 0.132. The maximum Gasteiger partial charge on any atom is 0.244 e. The predicted octanol–water partition coefficient (Wildman–Crippen LogP) is 1.39. The van der Waals surface area contributed by atoms with E-state index < -0.39 is 19.9 Å². The van der Waals surface area contributed by atoms with Gasteiger partial charge in [-0.15, -0.1) is 12.4 Å². The fourth-order valence-corrected chi connectivity index (χ4v) is 5.62. The van der Waals surface area contributed by atoms with Gasteiger partial charge in [0.25, 0.3) is 0 Å². The van der Waals surface area contributed by atoms with Crippen LogP contribution in [-0.2, 0) is 19.9 Å². The van der Waals surface area contributed by atoms with Crippen molar-refractivity contribution in [2.45, 2.75) is 28.7 Å². The fourth-order valence-electron chi connectivity index (χ4n) is 2.25. The van der Waals surface area contributed by atoms with Crippen molar-refractivity contribution < 1.29 is 16.8 Å². The van der Waals surface area contributed by atoms with E-state index in [0.29, 0.717) is 6.54 Å². The Balaban J connectivity index is 0.00000242. The second-order valence-corrected chi connectivity index (χ2v) is 9.91. The number of nitrogens with two attached hydrogens (primary N) is 1. The van der Waals surface area contributed by atoms with Crippen LogP contribution in [0.25, 0.3) is 0 Å². The third kappa shape index (κ3) is 4.21. The van der Waals surface area contributed by atoms with E-state index in [1.165, 1.54) is 22.5 Å². The number of hydrogen-bond acceptors (Lipinski definition) is 5. The largest absolute Gasteiger partial charge is 0.327 e. The summed E-state index contributed by atoms with van der Waals surface area (Å²) in [5.41, 5.74) is 5.82. The lowest BCUT2D eigenvalue weighted by molar-refractivity contribution is 0.316. The molecule has 1 aliphatic heterocycles. The number of halogens is 2. The van der Waals surface area contributed by atoms with Crippen LogP contribution in [0.3, 0.4) is 0 Å². The number of sulfone groups is 1. The van der Waals surface area contributed by atoms with Crippen molar-refractivity contribution in [2.75, 3.05) is 19.3 Å². The second-order valence-electron chi connectivity index (χ2n) is 5.13. The first-order chi connectivity index (χ1) is 9.62. The van der Waals surface area contributed by atoms with Gasteiger partial charge >= 0.3 is 0 Å². The summed E-state index contributed by atoms with van der Waals surface area (Å²) in [6, 6.07) is 3.77. The molecule has 1 aromatic carbocycles. The van der Waals surface area contributed by atoms with Crippen molar-refractivity contribution in [1.82, 2.24) is 4.31 Å². The van der Waals surface area contributed by atoms with Crippen LogP contribution in [0.1, 0.15) is 12.8 Å². The summed E-state index contributed by atoms with van der Waals surface area (Å²) in [6.07, 6.45) is 2.60. The molecule has 0 bridgehead atoms. The number of nitrogens with zero attached hydrogens (tertiary/aromatic N) is 1. The summed E-state index contributed by atoms with van der Waals surface area (Å²) in [6.45, 7) is 0.707. The van der Waals surface area contributed by atoms with E-state index in [2.05, 4.69) is 15.9 Å². The fraction of sp³-hybridized carbons (Fsp3) is 0.500. The molecule has 1 fully saturated rings. The zero-order valence-corrected chi connectivity index (χ0v) is 15.9. The SMILES string of the molecule is CS(=O)(=O)c1ccc(S(=O)(=O)N2CCCC(N)C2)c(Br)c1.Cl. The minimum Gasteiger partial charge on any atom is -0.327 e. The molecule has 22 heavy (non-hydrogen) atoms. The van der Waals surface area contributed by atoms with Gasteiger partial charge in [-0.25, -0.2) is 16.8 Å². The van der Waals surface area contributed by atoms with Crippen LogP contribution < -0.4 is 5.73 Å². The molecular formula is C12H18BrClN2O4S2. The maximum atomic E-state index is 12.6. The molecule has 0 saturated carbocycles. The van der Waals surface area contributed by atoms with E-state index in [-0.39, 0.29) is 39.3 Å². The number of sulfonamides is 1. The number of rotatable bonds is 3. The average molecular weight is 434 g/mol. The quantitative estimate of drug-likeness (QED) is 0.777. The molecule has 1 aromatic rings. The minimum absolute atomic E-state index is 0.